The van der Waals surface area contributed by atoms with Crippen molar-refractivity contribution in [1.29, 1.82) is 0 Å². The minimum atomic E-state index is 0.301. The molecule has 1 aromatic heterocycles. The van der Waals surface area contributed by atoms with Crippen LogP contribution in [-0.2, 0) is 0 Å². The Morgan fingerprint density at radius 2 is 2.00 bits per heavy atom. The number of thiocarbonyl (C=S) groups is 1. The maximum atomic E-state index is 5.15. The summed E-state index contributed by atoms with van der Waals surface area (Å²) in [6, 6.07) is 2.25. The van der Waals surface area contributed by atoms with E-state index in [-0.39, 0.29) is 0 Å². The van der Waals surface area contributed by atoms with Crippen LogP contribution in [0.1, 0.15) is 19.5 Å². The predicted octanol–water partition coefficient (Wildman–Crippen LogP) is 3.61. The summed E-state index contributed by atoms with van der Waals surface area (Å²) in [5.41, 5.74) is 0.915. The van der Waals surface area contributed by atoms with Gasteiger partial charge in [-0.2, -0.15) is 0 Å². The van der Waals surface area contributed by atoms with E-state index in [0.717, 1.165) is 20.5 Å². The molecule has 0 fully saturated rings. The van der Waals surface area contributed by atoms with Gasteiger partial charge >= 0.3 is 0 Å². The summed E-state index contributed by atoms with van der Waals surface area (Å²) < 4.78 is 1.84. The quantitative estimate of drug-likeness (QED) is 0.784. The number of nitrogens with zero attached hydrogens (tertiary/aromatic N) is 1. The van der Waals surface area contributed by atoms with Crippen molar-refractivity contribution in [1.82, 2.24) is 10.3 Å². The third-order valence-electron chi connectivity index (χ3n) is 1.76. The monoisotopic (exact) mass is 365 g/mol. The first-order valence-electron chi connectivity index (χ1n) is 4.80. The fourth-order valence-electron chi connectivity index (χ4n) is 1.05. The van der Waals surface area contributed by atoms with Gasteiger partial charge in [-0.25, -0.2) is 4.98 Å². The van der Waals surface area contributed by atoms with E-state index in [2.05, 4.69) is 47.5 Å². The molecule has 0 spiro atoms. The van der Waals surface area contributed by atoms with E-state index in [0.29, 0.717) is 11.2 Å². The number of halogens is 2. The molecule has 0 atom stereocenters. The number of anilines is 1. The fraction of sp³-hybridized carbons (Fsp3) is 0.400. The number of hydrogen-bond donors (Lipinski definition) is 2. The molecule has 1 heterocycles. The van der Waals surface area contributed by atoms with Gasteiger partial charge in [0.2, 0.25) is 0 Å². The third kappa shape index (κ3) is 3.99. The summed E-state index contributed by atoms with van der Waals surface area (Å²) >= 11 is 12.0. The smallest absolute Gasteiger partial charge is 0.172 e. The lowest BCUT2D eigenvalue weighted by Gasteiger charge is -2.14. The van der Waals surface area contributed by atoms with E-state index >= 15 is 0 Å². The van der Waals surface area contributed by atoms with E-state index in [4.69, 9.17) is 12.2 Å². The largest absolute Gasteiger partial charge is 0.360 e. The first-order chi connectivity index (χ1) is 7.40. The van der Waals surface area contributed by atoms with Gasteiger partial charge < -0.3 is 10.6 Å². The minimum Gasteiger partial charge on any atom is -0.360 e. The second-order valence-corrected chi connectivity index (χ2v) is 5.76. The van der Waals surface area contributed by atoms with Crippen LogP contribution in [0.3, 0.4) is 0 Å². The summed E-state index contributed by atoms with van der Waals surface area (Å²) in [5, 5.41) is 6.73. The molecule has 2 N–H and O–H groups in total. The molecule has 0 aromatic carbocycles. The van der Waals surface area contributed by atoms with Gasteiger partial charge in [0.15, 0.2) is 5.11 Å². The molecule has 0 radical (unpaired) electrons. The molecule has 0 aliphatic heterocycles. The molecule has 3 nitrogen and oxygen atoms in total. The van der Waals surface area contributed by atoms with Crippen molar-refractivity contribution in [3.05, 3.63) is 20.7 Å². The normalized spacial score (nSPS) is 10.4. The van der Waals surface area contributed by atoms with Crippen molar-refractivity contribution >= 4 is 55.0 Å². The second kappa shape index (κ2) is 5.93. The molecule has 16 heavy (non-hydrogen) atoms. The molecule has 0 saturated heterocycles. The lowest BCUT2D eigenvalue weighted by molar-refractivity contribution is 0.739. The molecule has 88 valence electrons. The molecule has 0 aliphatic carbocycles. The van der Waals surface area contributed by atoms with Gasteiger partial charge in [0.05, 0.1) is 10.2 Å². The first-order valence-corrected chi connectivity index (χ1v) is 6.79. The Labute approximate surface area is 118 Å². The van der Waals surface area contributed by atoms with Crippen molar-refractivity contribution in [2.45, 2.75) is 26.8 Å². The van der Waals surface area contributed by atoms with Gasteiger partial charge in [-0.15, -0.1) is 0 Å². The lowest BCUT2D eigenvalue weighted by atomic mass is 10.4. The molecule has 0 aliphatic rings. The van der Waals surface area contributed by atoms with Gasteiger partial charge in [-0.3, -0.25) is 0 Å². The highest BCUT2D eigenvalue weighted by Crippen LogP contribution is 2.26. The summed E-state index contributed by atoms with van der Waals surface area (Å²) in [6.07, 6.45) is 0. The Morgan fingerprint density at radius 1 is 1.38 bits per heavy atom. The van der Waals surface area contributed by atoms with Crippen LogP contribution in [-0.4, -0.2) is 16.1 Å². The van der Waals surface area contributed by atoms with Gasteiger partial charge in [0, 0.05) is 10.5 Å². The van der Waals surface area contributed by atoms with Crippen molar-refractivity contribution in [3.63, 3.8) is 0 Å². The zero-order chi connectivity index (χ0) is 12.3. The standard InChI is InChI=1S/C10H13Br2N3S/c1-5(2)13-10(16)15-9-8(12)4-7(11)6(3)14-9/h4-5H,1-3H3,(H2,13,14,15,16). The lowest BCUT2D eigenvalue weighted by Crippen LogP contribution is -2.34. The first kappa shape index (κ1) is 13.9. The third-order valence-corrected chi connectivity index (χ3v) is 3.38. The Bertz CT molecular complexity index is 407. The van der Waals surface area contributed by atoms with Crippen molar-refractivity contribution < 1.29 is 0 Å². The van der Waals surface area contributed by atoms with Crippen LogP contribution < -0.4 is 10.6 Å². The average molecular weight is 367 g/mol. The summed E-state index contributed by atoms with van der Waals surface area (Å²) in [7, 11) is 0. The van der Waals surface area contributed by atoms with E-state index in [1.807, 2.05) is 26.8 Å². The number of aryl methyl sites for hydroxylation is 1. The number of pyridine rings is 1. The molecule has 1 rings (SSSR count). The summed E-state index contributed by atoms with van der Waals surface area (Å²) in [5.74, 6) is 0.721. The number of rotatable bonds is 2. The Hall–Kier alpha value is -0.200. The highest BCUT2D eigenvalue weighted by atomic mass is 79.9. The average Bonchev–Trinajstić information content (AvgIpc) is 2.12. The van der Waals surface area contributed by atoms with Crippen molar-refractivity contribution in [3.8, 4) is 0 Å². The molecule has 0 bridgehead atoms. The summed E-state index contributed by atoms with van der Waals surface area (Å²) in [4.78, 5) is 4.39. The van der Waals surface area contributed by atoms with Crippen LogP contribution in [0.25, 0.3) is 0 Å². The van der Waals surface area contributed by atoms with Crippen LogP contribution in [0, 0.1) is 6.92 Å². The highest BCUT2D eigenvalue weighted by molar-refractivity contribution is 9.11. The van der Waals surface area contributed by atoms with Crippen LogP contribution in [0.4, 0.5) is 5.82 Å². The van der Waals surface area contributed by atoms with E-state index in [1.165, 1.54) is 0 Å². The van der Waals surface area contributed by atoms with Crippen LogP contribution in [0.15, 0.2) is 15.0 Å². The molecule has 1 aromatic rings. The topological polar surface area (TPSA) is 37.0 Å². The van der Waals surface area contributed by atoms with Gasteiger partial charge in [-0.1, -0.05) is 0 Å². The van der Waals surface area contributed by atoms with Crippen LogP contribution >= 0.6 is 44.1 Å². The Kier molecular flexibility index (Phi) is 5.14. The molecular formula is C10H13Br2N3S. The maximum absolute atomic E-state index is 5.15. The minimum absolute atomic E-state index is 0.301. The maximum Gasteiger partial charge on any atom is 0.172 e. The highest BCUT2D eigenvalue weighted by Gasteiger charge is 2.07. The zero-order valence-electron chi connectivity index (χ0n) is 9.27. The van der Waals surface area contributed by atoms with E-state index in [9.17, 15) is 0 Å². The van der Waals surface area contributed by atoms with E-state index < -0.39 is 0 Å². The fourth-order valence-corrected chi connectivity index (χ4v) is 2.43. The van der Waals surface area contributed by atoms with Crippen LogP contribution in [0.2, 0.25) is 0 Å². The zero-order valence-corrected chi connectivity index (χ0v) is 13.3. The second-order valence-electron chi connectivity index (χ2n) is 3.64. The number of nitrogens with one attached hydrogen (secondary N) is 2. The van der Waals surface area contributed by atoms with Crippen LogP contribution in [0.5, 0.6) is 0 Å². The molecule has 0 amide bonds. The molecular weight excluding hydrogens is 354 g/mol. The van der Waals surface area contributed by atoms with Crippen molar-refractivity contribution in [2.75, 3.05) is 5.32 Å². The molecule has 6 heteroatoms. The molecule has 0 unspecified atom stereocenters. The van der Waals surface area contributed by atoms with Gasteiger partial charge in [-0.05, 0) is 70.9 Å². The number of hydrogen-bond acceptors (Lipinski definition) is 2. The van der Waals surface area contributed by atoms with E-state index in [1.54, 1.807) is 0 Å². The summed E-state index contributed by atoms with van der Waals surface area (Å²) in [6.45, 7) is 5.99. The van der Waals surface area contributed by atoms with Gasteiger partial charge in [0.25, 0.3) is 0 Å². The Balaban J connectivity index is 2.81. The Morgan fingerprint density at radius 3 is 2.56 bits per heavy atom. The molecule has 0 saturated carbocycles. The number of aromatic nitrogens is 1. The predicted molar refractivity (Wildman–Crippen MR) is 78.9 cm³/mol. The van der Waals surface area contributed by atoms with Crippen molar-refractivity contribution in [2.24, 2.45) is 0 Å². The van der Waals surface area contributed by atoms with Gasteiger partial charge in [0.1, 0.15) is 5.82 Å². The SMILES string of the molecule is Cc1nc(NC(=S)NC(C)C)c(Br)cc1Br.